The fraction of sp³-hybridized carbons (Fsp3) is 0.840. The highest BCUT2D eigenvalue weighted by molar-refractivity contribution is 5.97. The van der Waals surface area contributed by atoms with Gasteiger partial charge in [0.05, 0.1) is 18.3 Å². The van der Waals surface area contributed by atoms with Gasteiger partial charge in [0.25, 0.3) is 0 Å². The molecule has 2 aliphatic rings. The Morgan fingerprint density at radius 1 is 1.13 bits per heavy atom. The first-order valence-corrected chi connectivity index (χ1v) is 11.7. The molecule has 1 fully saturated rings. The van der Waals surface area contributed by atoms with Gasteiger partial charge in [0.15, 0.2) is 11.6 Å². The van der Waals surface area contributed by atoms with Crippen LogP contribution in [0.25, 0.3) is 0 Å². The molecule has 0 saturated heterocycles. The quantitative estimate of drug-likeness (QED) is 0.334. The highest BCUT2D eigenvalue weighted by Gasteiger charge is 2.44. The number of rotatable bonds is 11. The largest absolute Gasteiger partial charge is 0.466 e. The van der Waals surface area contributed by atoms with Crippen LogP contribution in [0.1, 0.15) is 86.0 Å². The van der Waals surface area contributed by atoms with Crippen LogP contribution in [0.2, 0.25) is 0 Å². The van der Waals surface area contributed by atoms with E-state index in [0.717, 1.165) is 18.4 Å². The number of Topliss-reactive ketones (excluding diaryl/α,β-unsaturated/α-hetero) is 1. The number of carbonyl (C=O) groups excluding carboxylic acids is 2. The third-order valence-electron chi connectivity index (χ3n) is 6.59. The molecule has 0 N–H and O–H groups in total. The first-order valence-electron chi connectivity index (χ1n) is 11.7. The fourth-order valence-corrected chi connectivity index (χ4v) is 5.09. The number of ketones is 1. The van der Waals surface area contributed by atoms with E-state index >= 15 is 0 Å². The lowest BCUT2D eigenvalue weighted by Gasteiger charge is -2.34. The average Bonchev–Trinajstić information content (AvgIpc) is 3.00. The Morgan fingerprint density at radius 3 is 2.39 bits per heavy atom. The van der Waals surface area contributed by atoms with Crippen LogP contribution in [-0.4, -0.2) is 50.1 Å². The topological polar surface area (TPSA) is 71.1 Å². The van der Waals surface area contributed by atoms with Crippen molar-refractivity contribution in [2.24, 2.45) is 11.8 Å². The van der Waals surface area contributed by atoms with Gasteiger partial charge in [-0.1, -0.05) is 12.5 Å². The van der Waals surface area contributed by atoms with Crippen LogP contribution in [0.3, 0.4) is 0 Å². The van der Waals surface area contributed by atoms with Gasteiger partial charge >= 0.3 is 5.97 Å². The van der Waals surface area contributed by atoms with E-state index in [9.17, 15) is 9.59 Å². The average molecular weight is 439 g/mol. The monoisotopic (exact) mass is 438 g/mol. The van der Waals surface area contributed by atoms with E-state index in [2.05, 4.69) is 27.7 Å². The third-order valence-corrected chi connectivity index (χ3v) is 6.59. The molecule has 0 amide bonds. The van der Waals surface area contributed by atoms with Crippen molar-refractivity contribution in [3.8, 4) is 0 Å². The second-order valence-electron chi connectivity index (χ2n) is 9.93. The summed E-state index contributed by atoms with van der Waals surface area (Å²) in [5.74, 6) is -0.0329. The van der Waals surface area contributed by atoms with Crippen LogP contribution in [0.5, 0.6) is 0 Å². The molecular weight excluding hydrogens is 396 g/mol. The Balaban J connectivity index is 2.11. The Kier molecular flexibility index (Phi) is 9.28. The Hall–Kier alpha value is -1.24. The number of methoxy groups -OCH3 is 2. The number of hydrogen-bond donors (Lipinski definition) is 0. The summed E-state index contributed by atoms with van der Waals surface area (Å²) in [6.07, 6.45) is 5.27. The maximum atomic E-state index is 12.9. The summed E-state index contributed by atoms with van der Waals surface area (Å²) in [7, 11) is 3.25. The van der Waals surface area contributed by atoms with Gasteiger partial charge in [-0.2, -0.15) is 0 Å². The molecule has 0 aromatic heterocycles. The Labute approximate surface area is 188 Å². The predicted molar refractivity (Wildman–Crippen MR) is 120 cm³/mol. The standard InChI is InChI=1S/C25H42O6/c1-8-30-22(27)10-9-14-25(28-6,29-7)15-13-18-20-16-17(2)23(31-24(3,4)5)19(20)11-12-21(18)26/h17,19,23H,8-16H2,1-7H3/t17?,19?,23-/m1/s1. The molecule has 0 bridgehead atoms. The van der Waals surface area contributed by atoms with Gasteiger partial charge in [0, 0.05) is 45.8 Å². The summed E-state index contributed by atoms with van der Waals surface area (Å²) >= 11 is 0. The molecule has 0 aliphatic heterocycles. The van der Waals surface area contributed by atoms with Crippen LogP contribution in [-0.2, 0) is 28.5 Å². The SMILES string of the molecule is CCOC(=O)CCCC(CCC1=C2CC(C)[C@@H](OC(C)(C)C)C2CCC1=O)(OC)OC. The Morgan fingerprint density at radius 2 is 1.81 bits per heavy atom. The van der Waals surface area contributed by atoms with Crippen LogP contribution in [0.4, 0.5) is 0 Å². The van der Waals surface area contributed by atoms with E-state index in [4.69, 9.17) is 18.9 Å². The molecule has 0 heterocycles. The minimum absolute atomic E-state index is 0.164. The van der Waals surface area contributed by atoms with Crippen molar-refractivity contribution < 1.29 is 28.5 Å². The van der Waals surface area contributed by atoms with Gasteiger partial charge in [0.1, 0.15) is 0 Å². The molecule has 178 valence electrons. The zero-order valence-electron chi connectivity index (χ0n) is 20.5. The van der Waals surface area contributed by atoms with Crippen molar-refractivity contribution in [3.05, 3.63) is 11.1 Å². The molecule has 31 heavy (non-hydrogen) atoms. The highest BCUT2D eigenvalue weighted by atomic mass is 16.7. The molecular formula is C25H42O6. The summed E-state index contributed by atoms with van der Waals surface area (Å²) < 4.78 is 22.9. The predicted octanol–water partition coefficient (Wildman–Crippen LogP) is 4.99. The van der Waals surface area contributed by atoms with Crippen molar-refractivity contribution in [1.29, 1.82) is 0 Å². The van der Waals surface area contributed by atoms with Crippen molar-refractivity contribution in [2.45, 2.75) is 103 Å². The van der Waals surface area contributed by atoms with E-state index in [-0.39, 0.29) is 23.5 Å². The van der Waals surface area contributed by atoms with Crippen molar-refractivity contribution in [2.75, 3.05) is 20.8 Å². The molecule has 2 rings (SSSR count). The zero-order chi connectivity index (χ0) is 23.2. The van der Waals surface area contributed by atoms with Crippen molar-refractivity contribution in [3.63, 3.8) is 0 Å². The molecule has 6 heteroatoms. The van der Waals surface area contributed by atoms with E-state index < -0.39 is 5.79 Å². The lowest BCUT2D eigenvalue weighted by Crippen LogP contribution is -2.36. The first-order chi connectivity index (χ1) is 14.6. The summed E-state index contributed by atoms with van der Waals surface area (Å²) in [5.41, 5.74) is 2.04. The van der Waals surface area contributed by atoms with E-state index in [0.29, 0.717) is 57.0 Å². The number of fused-ring (bicyclic) bond motifs is 1. The minimum Gasteiger partial charge on any atom is -0.466 e. The number of ether oxygens (including phenoxy) is 4. The fourth-order valence-electron chi connectivity index (χ4n) is 5.09. The maximum absolute atomic E-state index is 12.9. The molecule has 1 saturated carbocycles. The molecule has 0 aromatic carbocycles. The van der Waals surface area contributed by atoms with Gasteiger partial charge in [-0.05, 0) is 64.9 Å². The van der Waals surface area contributed by atoms with Gasteiger partial charge in [-0.25, -0.2) is 0 Å². The smallest absolute Gasteiger partial charge is 0.305 e. The highest BCUT2D eigenvalue weighted by Crippen LogP contribution is 2.47. The minimum atomic E-state index is -0.807. The van der Waals surface area contributed by atoms with Crippen LogP contribution >= 0.6 is 0 Å². The molecule has 0 radical (unpaired) electrons. The van der Waals surface area contributed by atoms with Crippen molar-refractivity contribution >= 4 is 11.8 Å². The summed E-state index contributed by atoms with van der Waals surface area (Å²) in [4.78, 5) is 24.5. The van der Waals surface area contributed by atoms with E-state index in [1.165, 1.54) is 5.57 Å². The van der Waals surface area contributed by atoms with Crippen LogP contribution < -0.4 is 0 Å². The van der Waals surface area contributed by atoms with Gasteiger partial charge in [0.2, 0.25) is 0 Å². The summed E-state index contributed by atoms with van der Waals surface area (Å²) in [6, 6.07) is 0. The van der Waals surface area contributed by atoms with E-state index in [1.54, 1.807) is 21.1 Å². The lowest BCUT2D eigenvalue weighted by atomic mass is 9.80. The second kappa shape index (κ2) is 11.1. The second-order valence-corrected chi connectivity index (χ2v) is 9.93. The molecule has 6 nitrogen and oxygen atoms in total. The third kappa shape index (κ3) is 6.87. The number of carbonyl (C=O) groups is 2. The van der Waals surface area contributed by atoms with Gasteiger partial charge in [-0.15, -0.1) is 0 Å². The van der Waals surface area contributed by atoms with Gasteiger partial charge in [-0.3, -0.25) is 9.59 Å². The maximum Gasteiger partial charge on any atom is 0.305 e. The molecule has 2 unspecified atom stereocenters. The van der Waals surface area contributed by atoms with Crippen molar-refractivity contribution in [1.82, 2.24) is 0 Å². The molecule has 0 aromatic rings. The first kappa shape index (κ1) is 26.0. The lowest BCUT2D eigenvalue weighted by molar-refractivity contribution is -0.215. The molecule has 2 aliphatic carbocycles. The van der Waals surface area contributed by atoms with Crippen LogP contribution in [0.15, 0.2) is 11.1 Å². The number of allylic oxidation sites excluding steroid dienone is 1. The van der Waals surface area contributed by atoms with E-state index in [1.807, 2.05) is 0 Å². The Bertz CT molecular complexity index is 655. The normalized spacial score (nSPS) is 24.5. The van der Waals surface area contributed by atoms with Crippen LogP contribution in [0, 0.1) is 11.8 Å². The summed E-state index contributed by atoms with van der Waals surface area (Å²) in [5, 5.41) is 0. The molecule has 0 spiro atoms. The zero-order valence-corrected chi connectivity index (χ0v) is 20.5. The molecule has 3 atom stereocenters. The van der Waals surface area contributed by atoms with Gasteiger partial charge < -0.3 is 18.9 Å². The summed E-state index contributed by atoms with van der Waals surface area (Å²) in [6.45, 7) is 10.7. The number of esters is 1. The number of hydrogen-bond acceptors (Lipinski definition) is 6.